The second kappa shape index (κ2) is 17.6. The summed E-state index contributed by atoms with van der Waals surface area (Å²) in [5.74, 6) is -0.0894. The van der Waals surface area contributed by atoms with Crippen LogP contribution in [0.5, 0.6) is 11.5 Å². The number of allylic oxidation sites excluding steroid dienone is 1. The number of carbonyl (C=O) groups is 2. The van der Waals surface area contributed by atoms with Gasteiger partial charge in [-0.15, -0.1) is 0 Å². The van der Waals surface area contributed by atoms with Crippen molar-refractivity contribution in [3.63, 3.8) is 0 Å². The van der Waals surface area contributed by atoms with Crippen molar-refractivity contribution in [2.75, 3.05) is 13.2 Å². The molecule has 0 saturated carbocycles. The van der Waals surface area contributed by atoms with Crippen molar-refractivity contribution in [3.05, 3.63) is 76.9 Å². The summed E-state index contributed by atoms with van der Waals surface area (Å²) < 4.78 is 95.0. The molecule has 51 heavy (non-hydrogen) atoms. The van der Waals surface area contributed by atoms with Gasteiger partial charge in [-0.1, -0.05) is 69.9 Å². The molecule has 0 fully saturated rings. The van der Waals surface area contributed by atoms with E-state index in [0.717, 1.165) is 36.6 Å². The molecule has 1 unspecified atom stereocenters. The van der Waals surface area contributed by atoms with Gasteiger partial charge in [-0.2, -0.15) is 26.3 Å². The van der Waals surface area contributed by atoms with Crippen LogP contribution >= 0.6 is 0 Å². The molecular formula is C39H49F6NO5. The minimum absolute atomic E-state index is 0.00882. The Balaban J connectivity index is 1.81. The largest absolute Gasteiger partial charge is 0.493 e. The summed E-state index contributed by atoms with van der Waals surface area (Å²) in [5.41, 5.74) is -6.73. The number of halogens is 6. The van der Waals surface area contributed by atoms with Gasteiger partial charge >= 0.3 is 12.4 Å². The van der Waals surface area contributed by atoms with Crippen LogP contribution in [-0.2, 0) is 27.0 Å². The number of rotatable bonds is 18. The first kappa shape index (κ1) is 41.6. The third-order valence-corrected chi connectivity index (χ3v) is 8.84. The Labute approximate surface area is 296 Å². The molecule has 2 aromatic rings. The van der Waals surface area contributed by atoms with E-state index in [1.165, 1.54) is 12.2 Å². The zero-order chi connectivity index (χ0) is 38.0. The molecule has 2 aromatic carbocycles. The van der Waals surface area contributed by atoms with Crippen LogP contribution in [0.25, 0.3) is 6.08 Å². The van der Waals surface area contributed by atoms with Gasteiger partial charge in [-0.3, -0.25) is 14.5 Å². The Morgan fingerprint density at radius 1 is 0.902 bits per heavy atom. The van der Waals surface area contributed by atoms with Gasteiger partial charge in [0.05, 0.1) is 18.1 Å². The summed E-state index contributed by atoms with van der Waals surface area (Å²) in [6.45, 7) is 9.38. The van der Waals surface area contributed by atoms with Crippen molar-refractivity contribution in [1.82, 2.24) is 4.90 Å². The highest BCUT2D eigenvalue weighted by molar-refractivity contribution is 6.09. The SMILES string of the molecule is CCCCCC/C=C/c1cc(C(O)(C(F)(F)F)C(F)(F)F)cc(CCC)c1OCCCCN1C(=O)C=CC(C)(c2ccc(OC(C)C)cc2)C1=O. The first-order chi connectivity index (χ1) is 23.9. The van der Waals surface area contributed by atoms with E-state index in [-0.39, 0.29) is 42.6 Å². The van der Waals surface area contributed by atoms with Gasteiger partial charge in [-0.05, 0) is 88.3 Å². The maximum atomic E-state index is 13.9. The fourth-order valence-corrected chi connectivity index (χ4v) is 5.97. The predicted molar refractivity (Wildman–Crippen MR) is 184 cm³/mol. The van der Waals surface area contributed by atoms with Crippen molar-refractivity contribution in [1.29, 1.82) is 0 Å². The first-order valence-electron chi connectivity index (χ1n) is 17.6. The quantitative estimate of drug-likeness (QED) is 0.0941. The number of nitrogens with zero attached hydrogens (tertiary/aromatic N) is 1. The van der Waals surface area contributed by atoms with Gasteiger partial charge in [0.15, 0.2) is 0 Å². The molecule has 2 amide bonds. The maximum Gasteiger partial charge on any atom is 0.430 e. The summed E-state index contributed by atoms with van der Waals surface area (Å²) in [4.78, 5) is 27.5. The predicted octanol–water partition coefficient (Wildman–Crippen LogP) is 9.76. The highest BCUT2D eigenvalue weighted by Gasteiger charge is 2.71. The average Bonchev–Trinajstić information content (AvgIpc) is 3.05. The van der Waals surface area contributed by atoms with E-state index in [1.54, 1.807) is 50.3 Å². The Kier molecular flexibility index (Phi) is 14.4. The lowest BCUT2D eigenvalue weighted by molar-refractivity contribution is -0.376. The molecule has 0 aliphatic carbocycles. The molecular weight excluding hydrogens is 676 g/mol. The second-order valence-corrected chi connectivity index (χ2v) is 13.3. The van der Waals surface area contributed by atoms with E-state index in [4.69, 9.17) is 9.47 Å². The zero-order valence-electron chi connectivity index (χ0n) is 29.9. The molecule has 0 spiro atoms. The Morgan fingerprint density at radius 2 is 1.57 bits per heavy atom. The van der Waals surface area contributed by atoms with Gasteiger partial charge < -0.3 is 14.6 Å². The molecule has 1 atom stereocenters. The van der Waals surface area contributed by atoms with Gasteiger partial charge in [0.2, 0.25) is 5.91 Å². The van der Waals surface area contributed by atoms with E-state index >= 15 is 0 Å². The lowest BCUT2D eigenvalue weighted by Crippen LogP contribution is -2.54. The fraction of sp³-hybridized carbons (Fsp3) is 0.538. The molecule has 12 heteroatoms. The molecule has 6 nitrogen and oxygen atoms in total. The average molecular weight is 726 g/mol. The summed E-state index contributed by atoms with van der Waals surface area (Å²) in [6.07, 6.45) is -0.645. The Hall–Kier alpha value is -3.80. The number of hydrogen-bond acceptors (Lipinski definition) is 5. The van der Waals surface area contributed by atoms with Crippen LogP contribution in [0.2, 0.25) is 0 Å². The molecule has 1 aliphatic heterocycles. The molecule has 3 rings (SSSR count). The van der Waals surface area contributed by atoms with Gasteiger partial charge in [0.25, 0.3) is 11.5 Å². The Morgan fingerprint density at radius 3 is 2.16 bits per heavy atom. The highest BCUT2D eigenvalue weighted by atomic mass is 19.4. The third-order valence-electron chi connectivity index (χ3n) is 8.84. The van der Waals surface area contributed by atoms with E-state index in [0.29, 0.717) is 43.1 Å². The fourth-order valence-electron chi connectivity index (χ4n) is 5.97. The van der Waals surface area contributed by atoms with E-state index in [2.05, 4.69) is 0 Å². The molecule has 0 bridgehead atoms. The van der Waals surface area contributed by atoms with E-state index in [9.17, 15) is 41.0 Å². The van der Waals surface area contributed by atoms with Crippen LogP contribution < -0.4 is 9.47 Å². The second-order valence-electron chi connectivity index (χ2n) is 13.3. The van der Waals surface area contributed by atoms with E-state index < -0.39 is 40.7 Å². The summed E-state index contributed by atoms with van der Waals surface area (Å²) >= 11 is 0. The molecule has 1 N–H and O–H groups in total. The first-order valence-corrected chi connectivity index (χ1v) is 17.6. The van der Waals surface area contributed by atoms with Gasteiger partial charge in [-0.25, -0.2) is 0 Å². The molecule has 0 saturated heterocycles. The highest BCUT2D eigenvalue weighted by Crippen LogP contribution is 2.51. The topological polar surface area (TPSA) is 76.1 Å². The molecule has 0 aromatic heterocycles. The normalized spacial score (nSPS) is 17.2. The van der Waals surface area contributed by atoms with Gasteiger partial charge in [0, 0.05) is 23.7 Å². The number of amides is 2. The number of aryl methyl sites for hydroxylation is 1. The molecule has 1 heterocycles. The van der Waals surface area contributed by atoms with Crippen molar-refractivity contribution in [2.45, 2.75) is 122 Å². The van der Waals surface area contributed by atoms with Crippen molar-refractivity contribution >= 4 is 17.9 Å². The number of hydrogen-bond donors (Lipinski definition) is 1. The number of benzene rings is 2. The number of alkyl halides is 6. The Bertz CT molecular complexity index is 1520. The lowest BCUT2D eigenvalue weighted by atomic mass is 9.79. The number of imide groups is 1. The zero-order valence-corrected chi connectivity index (χ0v) is 29.9. The monoisotopic (exact) mass is 725 g/mol. The van der Waals surface area contributed by atoms with E-state index in [1.807, 2.05) is 20.8 Å². The minimum atomic E-state index is -6.03. The van der Waals surface area contributed by atoms with Crippen LogP contribution in [0.1, 0.15) is 108 Å². The summed E-state index contributed by atoms with van der Waals surface area (Å²) in [7, 11) is 0. The molecule has 0 radical (unpaired) electrons. The minimum Gasteiger partial charge on any atom is -0.493 e. The van der Waals surface area contributed by atoms with Crippen LogP contribution in [-0.4, -0.2) is 53.4 Å². The van der Waals surface area contributed by atoms with Crippen LogP contribution in [0.3, 0.4) is 0 Å². The van der Waals surface area contributed by atoms with Crippen molar-refractivity contribution < 1.29 is 50.5 Å². The lowest BCUT2D eigenvalue weighted by Gasteiger charge is -2.34. The smallest absolute Gasteiger partial charge is 0.430 e. The third kappa shape index (κ3) is 9.96. The summed E-state index contributed by atoms with van der Waals surface area (Å²) in [6, 6.07) is 8.50. The van der Waals surface area contributed by atoms with Crippen LogP contribution in [0, 0.1) is 0 Å². The standard InChI is InChI=1S/C39H49F6NO5/c1-6-8-9-10-11-12-16-29-26-31(37(49,38(40,41)42)39(43,44)45)25-28(15-7-2)34(29)50-24-14-13-23-46-33(47)21-22-36(5,35(46)48)30-17-19-32(20-18-30)51-27(3)4/h12,16-22,25-27,49H,6-11,13-15,23-24H2,1-5H3/b16-12+. The number of ether oxygens (including phenoxy) is 2. The van der Waals surface area contributed by atoms with Crippen LogP contribution in [0.15, 0.2) is 54.6 Å². The molecule has 1 aliphatic rings. The molecule has 282 valence electrons. The number of carbonyl (C=O) groups excluding carboxylic acids is 2. The van der Waals surface area contributed by atoms with Gasteiger partial charge in [0.1, 0.15) is 11.5 Å². The number of aliphatic hydroxyl groups is 1. The van der Waals surface area contributed by atoms with Crippen molar-refractivity contribution in [2.24, 2.45) is 0 Å². The summed E-state index contributed by atoms with van der Waals surface area (Å²) in [5, 5.41) is 10.2. The van der Waals surface area contributed by atoms with Crippen LogP contribution in [0.4, 0.5) is 26.3 Å². The number of unbranched alkanes of at least 4 members (excludes halogenated alkanes) is 5. The maximum absolute atomic E-state index is 13.9. The van der Waals surface area contributed by atoms with Crippen molar-refractivity contribution in [3.8, 4) is 11.5 Å².